The van der Waals surface area contributed by atoms with Crippen molar-refractivity contribution in [3.63, 3.8) is 0 Å². The molecule has 0 heterocycles. The normalized spacial score (nSPS) is 10.4. The molecular formula is C22H18ClFN2O2. The molecule has 3 rings (SSSR count). The third-order valence-electron chi connectivity index (χ3n) is 4.11. The Hall–Kier alpha value is -3.18. The van der Waals surface area contributed by atoms with Crippen molar-refractivity contribution in [3.8, 4) is 0 Å². The fraction of sp³-hybridized carbons (Fsp3) is 0.0909. The van der Waals surface area contributed by atoms with Gasteiger partial charge in [0, 0.05) is 23.4 Å². The van der Waals surface area contributed by atoms with E-state index in [2.05, 4.69) is 10.6 Å². The Labute approximate surface area is 167 Å². The van der Waals surface area contributed by atoms with E-state index in [9.17, 15) is 14.0 Å². The lowest BCUT2D eigenvalue weighted by Gasteiger charge is -2.09. The molecule has 28 heavy (non-hydrogen) atoms. The van der Waals surface area contributed by atoms with Crippen molar-refractivity contribution in [3.05, 3.63) is 100 Å². The van der Waals surface area contributed by atoms with Crippen LogP contribution >= 0.6 is 11.6 Å². The predicted octanol–water partition coefficient (Wildman–Crippen LogP) is 4.70. The second-order valence-electron chi connectivity index (χ2n) is 6.16. The van der Waals surface area contributed by atoms with Crippen molar-refractivity contribution in [2.45, 2.75) is 6.42 Å². The number of carbonyl (C=O) groups excluding carboxylic acids is 2. The highest BCUT2D eigenvalue weighted by molar-refractivity contribution is 6.31. The first-order valence-corrected chi connectivity index (χ1v) is 9.09. The molecule has 0 spiro atoms. The zero-order valence-electron chi connectivity index (χ0n) is 14.9. The topological polar surface area (TPSA) is 58.2 Å². The van der Waals surface area contributed by atoms with Gasteiger partial charge in [-0.05, 0) is 48.4 Å². The van der Waals surface area contributed by atoms with Crippen molar-refractivity contribution in [1.29, 1.82) is 0 Å². The molecule has 6 heteroatoms. The molecule has 4 nitrogen and oxygen atoms in total. The number of nitrogens with one attached hydrogen (secondary N) is 2. The largest absolute Gasteiger partial charge is 0.352 e. The standard InChI is InChI=1S/C22H18ClFN2O2/c23-19-14-18(9-10-20(19)24)26-22(28)17-8-4-7-16(13-17)21(27)25-12-11-15-5-2-1-3-6-15/h1-10,13-14H,11-12H2,(H,25,27)(H,26,28). The van der Waals surface area contributed by atoms with Gasteiger partial charge in [0.1, 0.15) is 5.82 Å². The smallest absolute Gasteiger partial charge is 0.255 e. The van der Waals surface area contributed by atoms with Crippen LogP contribution in [0, 0.1) is 5.82 Å². The number of hydrogen-bond acceptors (Lipinski definition) is 2. The number of amides is 2. The molecule has 3 aromatic carbocycles. The third-order valence-corrected chi connectivity index (χ3v) is 4.40. The number of rotatable bonds is 6. The fourth-order valence-electron chi connectivity index (χ4n) is 2.65. The number of hydrogen-bond donors (Lipinski definition) is 2. The molecule has 2 N–H and O–H groups in total. The van der Waals surface area contributed by atoms with Crippen LogP contribution in [-0.4, -0.2) is 18.4 Å². The average Bonchev–Trinajstić information content (AvgIpc) is 2.71. The molecule has 142 valence electrons. The number of benzene rings is 3. The van der Waals surface area contributed by atoms with Crippen molar-refractivity contribution in [2.75, 3.05) is 11.9 Å². The minimum atomic E-state index is -0.561. The van der Waals surface area contributed by atoms with Crippen LogP contribution < -0.4 is 10.6 Å². The van der Waals surface area contributed by atoms with Gasteiger partial charge < -0.3 is 10.6 Å². The van der Waals surface area contributed by atoms with Gasteiger partial charge in [-0.1, -0.05) is 48.0 Å². The van der Waals surface area contributed by atoms with E-state index in [0.717, 1.165) is 12.0 Å². The molecule has 0 unspecified atom stereocenters. The van der Waals surface area contributed by atoms with E-state index in [-0.39, 0.29) is 10.9 Å². The summed E-state index contributed by atoms with van der Waals surface area (Å²) in [5, 5.41) is 5.40. The molecule has 0 aliphatic heterocycles. The summed E-state index contributed by atoms with van der Waals surface area (Å²) in [4.78, 5) is 24.8. The van der Waals surface area contributed by atoms with Crippen molar-refractivity contribution >= 4 is 29.1 Å². The van der Waals surface area contributed by atoms with E-state index in [1.807, 2.05) is 30.3 Å². The Bertz CT molecular complexity index is 993. The molecule has 0 bridgehead atoms. The summed E-state index contributed by atoms with van der Waals surface area (Å²) in [6.07, 6.45) is 0.720. The van der Waals surface area contributed by atoms with Crippen LogP contribution in [0.15, 0.2) is 72.8 Å². The Morgan fingerprint density at radius 3 is 2.29 bits per heavy atom. The molecule has 0 aromatic heterocycles. The Kier molecular flexibility index (Phi) is 6.40. The minimum absolute atomic E-state index is 0.0793. The quantitative estimate of drug-likeness (QED) is 0.634. The first-order valence-electron chi connectivity index (χ1n) is 8.71. The second-order valence-corrected chi connectivity index (χ2v) is 6.56. The van der Waals surface area contributed by atoms with Crippen LogP contribution in [0.25, 0.3) is 0 Å². The van der Waals surface area contributed by atoms with Gasteiger partial charge in [-0.15, -0.1) is 0 Å². The van der Waals surface area contributed by atoms with Gasteiger partial charge >= 0.3 is 0 Å². The molecule has 0 aliphatic carbocycles. The lowest BCUT2D eigenvalue weighted by Crippen LogP contribution is -2.26. The van der Waals surface area contributed by atoms with Gasteiger partial charge in [0.15, 0.2) is 0 Å². The number of anilines is 1. The molecule has 2 amide bonds. The van der Waals surface area contributed by atoms with E-state index < -0.39 is 11.7 Å². The van der Waals surface area contributed by atoms with Gasteiger partial charge in [0.2, 0.25) is 0 Å². The summed E-state index contributed by atoms with van der Waals surface area (Å²) < 4.78 is 13.2. The summed E-state index contributed by atoms with van der Waals surface area (Å²) in [6, 6.07) is 20.2. The maximum absolute atomic E-state index is 13.2. The van der Waals surface area contributed by atoms with E-state index in [0.29, 0.717) is 23.4 Å². The molecule has 0 radical (unpaired) electrons. The lowest BCUT2D eigenvalue weighted by atomic mass is 10.1. The summed E-state index contributed by atoms with van der Waals surface area (Å²) in [5.41, 5.74) is 2.21. The molecule has 0 atom stereocenters. The molecule has 0 saturated carbocycles. The lowest BCUT2D eigenvalue weighted by molar-refractivity contribution is 0.0954. The Morgan fingerprint density at radius 2 is 1.57 bits per heavy atom. The fourth-order valence-corrected chi connectivity index (χ4v) is 2.83. The molecule has 0 fully saturated rings. The molecular weight excluding hydrogens is 379 g/mol. The van der Waals surface area contributed by atoms with Crippen molar-refractivity contribution in [1.82, 2.24) is 5.32 Å². The summed E-state index contributed by atoms with van der Waals surface area (Å²) in [7, 11) is 0. The van der Waals surface area contributed by atoms with Gasteiger partial charge in [-0.2, -0.15) is 0 Å². The maximum Gasteiger partial charge on any atom is 0.255 e. The highest BCUT2D eigenvalue weighted by Crippen LogP contribution is 2.20. The first kappa shape index (κ1) is 19.6. The summed E-state index contributed by atoms with van der Waals surface area (Å²) in [5.74, 6) is -1.23. The van der Waals surface area contributed by atoms with Crippen molar-refractivity contribution < 1.29 is 14.0 Å². The predicted molar refractivity (Wildman–Crippen MR) is 108 cm³/mol. The minimum Gasteiger partial charge on any atom is -0.352 e. The highest BCUT2D eigenvalue weighted by Gasteiger charge is 2.11. The number of halogens is 2. The van der Waals surface area contributed by atoms with Gasteiger partial charge in [-0.3, -0.25) is 9.59 Å². The zero-order valence-corrected chi connectivity index (χ0v) is 15.7. The summed E-state index contributed by atoms with van der Waals surface area (Å²) in [6.45, 7) is 0.493. The number of carbonyl (C=O) groups is 2. The maximum atomic E-state index is 13.2. The van der Waals surface area contributed by atoms with E-state index >= 15 is 0 Å². The van der Waals surface area contributed by atoms with Crippen LogP contribution in [0.3, 0.4) is 0 Å². The van der Waals surface area contributed by atoms with Gasteiger partial charge in [0.05, 0.1) is 5.02 Å². The summed E-state index contributed by atoms with van der Waals surface area (Å²) >= 11 is 5.72. The van der Waals surface area contributed by atoms with E-state index in [1.165, 1.54) is 24.3 Å². The molecule has 3 aromatic rings. The monoisotopic (exact) mass is 396 g/mol. The van der Waals surface area contributed by atoms with Crippen LogP contribution in [0.1, 0.15) is 26.3 Å². The van der Waals surface area contributed by atoms with Gasteiger partial charge in [-0.25, -0.2) is 4.39 Å². The van der Waals surface area contributed by atoms with Crippen molar-refractivity contribution in [2.24, 2.45) is 0 Å². The zero-order chi connectivity index (χ0) is 19.9. The Morgan fingerprint density at radius 1 is 0.857 bits per heavy atom. The molecule has 0 aliphatic rings. The van der Waals surface area contributed by atoms with Crippen LogP contribution in [-0.2, 0) is 6.42 Å². The third kappa shape index (κ3) is 5.18. The average molecular weight is 397 g/mol. The first-order chi connectivity index (χ1) is 13.5. The van der Waals surface area contributed by atoms with E-state index in [1.54, 1.807) is 18.2 Å². The highest BCUT2D eigenvalue weighted by atomic mass is 35.5. The van der Waals surface area contributed by atoms with Crippen LogP contribution in [0.2, 0.25) is 5.02 Å². The molecule has 0 saturated heterocycles. The van der Waals surface area contributed by atoms with Gasteiger partial charge in [0.25, 0.3) is 11.8 Å². The van der Waals surface area contributed by atoms with Crippen LogP contribution in [0.4, 0.5) is 10.1 Å². The van der Waals surface area contributed by atoms with E-state index in [4.69, 9.17) is 11.6 Å². The van der Waals surface area contributed by atoms with Crippen LogP contribution in [0.5, 0.6) is 0 Å². The SMILES string of the molecule is O=C(NCCc1ccccc1)c1cccc(C(=O)Nc2ccc(F)c(Cl)c2)c1. The second kappa shape index (κ2) is 9.15. The Balaban J connectivity index is 1.61.